The number of nitrogens with zero attached hydrogens (tertiary/aromatic N) is 2. The molecule has 0 bridgehead atoms. The van der Waals surface area contributed by atoms with Crippen molar-refractivity contribution in [1.82, 2.24) is 4.98 Å². The minimum atomic E-state index is -0.371. The number of likely N-dealkylation sites (N-methyl/N-ethyl adjacent to an activating group) is 1. The van der Waals surface area contributed by atoms with E-state index in [2.05, 4.69) is 20.9 Å². The minimum absolute atomic E-state index is 0.170. The third-order valence-electron chi connectivity index (χ3n) is 1.49. The molecular weight excluding hydrogens is 234 g/mol. The van der Waals surface area contributed by atoms with Crippen molar-refractivity contribution in [3.05, 3.63) is 22.8 Å². The summed E-state index contributed by atoms with van der Waals surface area (Å²) in [6.45, 7) is 0.170. The van der Waals surface area contributed by atoms with Crippen molar-refractivity contribution < 1.29 is 4.79 Å². The van der Waals surface area contributed by atoms with Crippen molar-refractivity contribution in [3.8, 4) is 0 Å². The van der Waals surface area contributed by atoms with E-state index >= 15 is 0 Å². The smallest absolute Gasteiger partial charge is 0.236 e. The van der Waals surface area contributed by atoms with Crippen molar-refractivity contribution in [1.29, 1.82) is 0 Å². The first kappa shape index (κ1) is 9.98. The lowest BCUT2D eigenvalue weighted by atomic mass is 10.4. The molecule has 5 heteroatoms. The fourth-order valence-electron chi connectivity index (χ4n) is 0.917. The molecule has 1 heterocycles. The largest absolute Gasteiger partial charge is 0.368 e. The third-order valence-corrected chi connectivity index (χ3v) is 1.98. The molecule has 0 aliphatic heterocycles. The molecular formula is C8H10BrN3O. The Morgan fingerprint density at radius 2 is 2.46 bits per heavy atom. The highest BCUT2D eigenvalue weighted by molar-refractivity contribution is 9.10. The van der Waals surface area contributed by atoms with Crippen LogP contribution in [0.3, 0.4) is 0 Å². The Balaban J connectivity index is 2.76. The summed E-state index contributed by atoms with van der Waals surface area (Å²) < 4.78 is 0.925. The van der Waals surface area contributed by atoms with Crippen LogP contribution in [0.1, 0.15) is 0 Å². The Hall–Kier alpha value is -1.10. The number of nitrogens with two attached hydrogens (primary N) is 1. The van der Waals surface area contributed by atoms with Gasteiger partial charge in [0.1, 0.15) is 5.82 Å². The zero-order valence-corrected chi connectivity index (χ0v) is 8.78. The Bertz CT molecular complexity index is 316. The molecule has 0 aromatic carbocycles. The van der Waals surface area contributed by atoms with E-state index in [1.54, 1.807) is 18.1 Å². The lowest BCUT2D eigenvalue weighted by molar-refractivity contribution is -0.116. The van der Waals surface area contributed by atoms with Gasteiger partial charge in [-0.2, -0.15) is 0 Å². The maximum absolute atomic E-state index is 10.6. The maximum Gasteiger partial charge on any atom is 0.236 e. The molecule has 0 atom stereocenters. The second-order valence-corrected chi connectivity index (χ2v) is 3.57. The Morgan fingerprint density at radius 1 is 1.77 bits per heavy atom. The van der Waals surface area contributed by atoms with Gasteiger partial charge in [0.2, 0.25) is 5.91 Å². The molecule has 0 fully saturated rings. The first-order valence-corrected chi connectivity index (χ1v) is 4.50. The number of hydrogen-bond acceptors (Lipinski definition) is 3. The zero-order valence-electron chi connectivity index (χ0n) is 7.20. The summed E-state index contributed by atoms with van der Waals surface area (Å²) >= 11 is 3.31. The van der Waals surface area contributed by atoms with Crippen LogP contribution in [-0.2, 0) is 4.79 Å². The highest BCUT2D eigenvalue weighted by Gasteiger charge is 2.04. The van der Waals surface area contributed by atoms with Gasteiger partial charge in [0, 0.05) is 17.7 Å². The quantitative estimate of drug-likeness (QED) is 0.854. The van der Waals surface area contributed by atoms with Crippen molar-refractivity contribution in [2.45, 2.75) is 0 Å². The summed E-state index contributed by atoms with van der Waals surface area (Å²) in [5.41, 5.74) is 5.05. The molecule has 1 aromatic rings. The van der Waals surface area contributed by atoms with Gasteiger partial charge in [-0.1, -0.05) is 15.9 Å². The van der Waals surface area contributed by atoms with Crippen molar-refractivity contribution in [2.24, 2.45) is 5.73 Å². The van der Waals surface area contributed by atoms with E-state index in [0.29, 0.717) is 5.82 Å². The predicted octanol–water partition coefficient (Wildman–Crippen LogP) is 0.766. The molecule has 0 radical (unpaired) electrons. The Morgan fingerprint density at radius 3 is 3.00 bits per heavy atom. The Kier molecular flexibility index (Phi) is 3.25. The van der Waals surface area contributed by atoms with Crippen LogP contribution in [0.5, 0.6) is 0 Å². The molecule has 2 N–H and O–H groups in total. The number of primary amides is 1. The molecule has 0 aliphatic rings. The zero-order chi connectivity index (χ0) is 9.84. The maximum atomic E-state index is 10.6. The number of rotatable bonds is 3. The summed E-state index contributed by atoms with van der Waals surface area (Å²) in [6, 6.07) is 3.64. The first-order valence-electron chi connectivity index (χ1n) is 3.70. The second kappa shape index (κ2) is 4.23. The van der Waals surface area contributed by atoms with Crippen LogP contribution in [0.15, 0.2) is 22.8 Å². The fraction of sp³-hybridized carbons (Fsp3) is 0.250. The van der Waals surface area contributed by atoms with Gasteiger partial charge in [0.05, 0.1) is 6.54 Å². The van der Waals surface area contributed by atoms with Gasteiger partial charge < -0.3 is 10.6 Å². The van der Waals surface area contributed by atoms with Gasteiger partial charge >= 0.3 is 0 Å². The average molecular weight is 244 g/mol. The molecule has 1 amide bonds. The lowest BCUT2D eigenvalue weighted by Crippen LogP contribution is -2.30. The third kappa shape index (κ3) is 3.02. The van der Waals surface area contributed by atoms with Gasteiger partial charge in [0.25, 0.3) is 0 Å². The van der Waals surface area contributed by atoms with Crippen molar-refractivity contribution in [2.75, 3.05) is 18.5 Å². The molecule has 0 saturated carbocycles. The average Bonchev–Trinajstić information content (AvgIpc) is 2.03. The van der Waals surface area contributed by atoms with Gasteiger partial charge in [-0.15, -0.1) is 0 Å². The SMILES string of the molecule is CN(CC(N)=O)c1cc(Br)ccn1. The summed E-state index contributed by atoms with van der Waals surface area (Å²) in [5, 5.41) is 0. The molecule has 0 spiro atoms. The summed E-state index contributed by atoms with van der Waals surface area (Å²) in [6.07, 6.45) is 1.66. The molecule has 4 nitrogen and oxygen atoms in total. The topological polar surface area (TPSA) is 59.2 Å². The van der Waals surface area contributed by atoms with Gasteiger partial charge in [-0.05, 0) is 12.1 Å². The number of halogens is 1. The van der Waals surface area contributed by atoms with E-state index in [0.717, 1.165) is 4.47 Å². The number of aromatic nitrogens is 1. The normalized spacial score (nSPS) is 9.69. The van der Waals surface area contributed by atoms with Crippen LogP contribution in [0.25, 0.3) is 0 Å². The van der Waals surface area contributed by atoms with Crippen molar-refractivity contribution in [3.63, 3.8) is 0 Å². The summed E-state index contributed by atoms with van der Waals surface area (Å²) in [7, 11) is 1.76. The highest BCUT2D eigenvalue weighted by Crippen LogP contribution is 2.15. The summed E-state index contributed by atoms with van der Waals surface area (Å²) in [4.78, 5) is 16.4. The van der Waals surface area contributed by atoms with Crippen LogP contribution in [0.4, 0.5) is 5.82 Å². The van der Waals surface area contributed by atoms with Gasteiger partial charge in [-0.3, -0.25) is 4.79 Å². The van der Waals surface area contributed by atoms with E-state index in [-0.39, 0.29) is 12.5 Å². The predicted molar refractivity (Wildman–Crippen MR) is 54.4 cm³/mol. The van der Waals surface area contributed by atoms with Crippen LogP contribution in [-0.4, -0.2) is 24.5 Å². The second-order valence-electron chi connectivity index (χ2n) is 2.65. The van der Waals surface area contributed by atoms with E-state index in [4.69, 9.17) is 5.73 Å². The summed E-state index contributed by atoms with van der Waals surface area (Å²) in [5.74, 6) is 0.345. The number of carbonyl (C=O) groups is 1. The monoisotopic (exact) mass is 243 g/mol. The molecule has 70 valence electrons. The molecule has 1 rings (SSSR count). The van der Waals surface area contributed by atoms with Gasteiger partial charge in [0.15, 0.2) is 0 Å². The number of anilines is 1. The number of hydrogen-bond donors (Lipinski definition) is 1. The molecule has 0 unspecified atom stereocenters. The van der Waals surface area contributed by atoms with Crippen LogP contribution >= 0.6 is 15.9 Å². The fourth-order valence-corrected chi connectivity index (χ4v) is 1.24. The molecule has 13 heavy (non-hydrogen) atoms. The van der Waals surface area contributed by atoms with E-state index < -0.39 is 0 Å². The van der Waals surface area contributed by atoms with Crippen LogP contribution < -0.4 is 10.6 Å². The van der Waals surface area contributed by atoms with Crippen molar-refractivity contribution >= 4 is 27.7 Å². The first-order chi connectivity index (χ1) is 6.09. The standard InChI is InChI=1S/C8H10BrN3O/c1-12(5-7(10)13)8-4-6(9)2-3-11-8/h2-4H,5H2,1H3,(H2,10,13). The minimum Gasteiger partial charge on any atom is -0.368 e. The van der Waals surface area contributed by atoms with E-state index in [1.165, 1.54) is 0 Å². The lowest BCUT2D eigenvalue weighted by Gasteiger charge is -2.15. The Labute approximate surface area is 84.9 Å². The molecule has 0 saturated heterocycles. The van der Waals surface area contributed by atoms with Gasteiger partial charge in [-0.25, -0.2) is 4.98 Å². The number of amides is 1. The molecule has 1 aromatic heterocycles. The molecule has 0 aliphatic carbocycles. The highest BCUT2D eigenvalue weighted by atomic mass is 79.9. The van der Waals surface area contributed by atoms with E-state index in [1.807, 2.05) is 12.1 Å². The van der Waals surface area contributed by atoms with E-state index in [9.17, 15) is 4.79 Å². The number of pyridine rings is 1. The number of carbonyl (C=O) groups excluding carboxylic acids is 1. The van der Waals surface area contributed by atoms with Crippen LogP contribution in [0.2, 0.25) is 0 Å². The van der Waals surface area contributed by atoms with Crippen LogP contribution in [0, 0.1) is 0 Å².